The quantitative estimate of drug-likeness (QED) is 0.816. The molecule has 0 unspecified atom stereocenters. The maximum atomic E-state index is 11.9. The normalized spacial score (nSPS) is 25.3. The molecule has 2 saturated heterocycles. The number of likely N-dealkylation sites (tertiary alicyclic amines) is 1. The third-order valence-electron chi connectivity index (χ3n) is 5.71. The minimum Gasteiger partial charge on any atom is -0.496 e. The molecule has 8 nitrogen and oxygen atoms in total. The fourth-order valence-corrected chi connectivity index (χ4v) is 4.32. The predicted octanol–water partition coefficient (Wildman–Crippen LogP) is 1.26. The Labute approximate surface area is 157 Å². The molecule has 2 aliphatic heterocycles. The molecule has 2 fully saturated rings. The van der Waals surface area contributed by atoms with Gasteiger partial charge in [-0.2, -0.15) is 5.10 Å². The Bertz CT molecular complexity index is 810. The molecular formula is C19H24N4O4. The lowest BCUT2D eigenvalue weighted by molar-refractivity contribution is -0.159. The van der Waals surface area contributed by atoms with Crippen LogP contribution in [-0.2, 0) is 22.6 Å². The maximum Gasteiger partial charge on any atom is 0.313 e. The Kier molecular flexibility index (Phi) is 4.84. The fourth-order valence-electron chi connectivity index (χ4n) is 4.32. The summed E-state index contributed by atoms with van der Waals surface area (Å²) in [5, 5.41) is 14.0. The van der Waals surface area contributed by atoms with Crippen LogP contribution in [0.4, 0.5) is 0 Å². The Morgan fingerprint density at radius 1 is 1.44 bits per heavy atom. The van der Waals surface area contributed by atoms with Gasteiger partial charge in [-0.05, 0) is 30.0 Å². The molecule has 3 heterocycles. The zero-order chi connectivity index (χ0) is 18.9. The summed E-state index contributed by atoms with van der Waals surface area (Å²) >= 11 is 0. The number of rotatable bonds is 6. The molecular weight excluding hydrogens is 348 g/mol. The molecule has 2 aromatic rings. The van der Waals surface area contributed by atoms with Crippen LogP contribution in [0.5, 0.6) is 5.75 Å². The van der Waals surface area contributed by atoms with Crippen LogP contribution in [0.25, 0.3) is 0 Å². The molecule has 0 amide bonds. The van der Waals surface area contributed by atoms with Crippen LogP contribution in [0.15, 0.2) is 30.9 Å². The van der Waals surface area contributed by atoms with Crippen molar-refractivity contribution in [3.8, 4) is 5.75 Å². The highest BCUT2D eigenvalue weighted by molar-refractivity contribution is 5.76. The van der Waals surface area contributed by atoms with Gasteiger partial charge in [0.25, 0.3) is 0 Å². The minimum absolute atomic E-state index is 0.150. The first-order chi connectivity index (χ1) is 13.1. The summed E-state index contributed by atoms with van der Waals surface area (Å²) in [6.07, 6.45) is 3.99. The van der Waals surface area contributed by atoms with Crippen molar-refractivity contribution >= 4 is 5.97 Å². The van der Waals surface area contributed by atoms with Crippen LogP contribution in [0.1, 0.15) is 17.5 Å². The van der Waals surface area contributed by atoms with E-state index in [4.69, 9.17) is 9.47 Å². The van der Waals surface area contributed by atoms with Crippen molar-refractivity contribution in [2.75, 3.05) is 33.4 Å². The number of methoxy groups -OCH3 is 1. The highest BCUT2D eigenvalue weighted by Crippen LogP contribution is 2.42. The van der Waals surface area contributed by atoms with Gasteiger partial charge in [0, 0.05) is 31.8 Å². The summed E-state index contributed by atoms with van der Waals surface area (Å²) in [6.45, 7) is 3.56. The number of hydrogen-bond acceptors (Lipinski definition) is 6. The molecule has 1 N–H and O–H groups in total. The van der Waals surface area contributed by atoms with Crippen molar-refractivity contribution in [3.05, 3.63) is 42.0 Å². The number of carboxylic acid groups (broad SMARTS) is 1. The molecule has 27 heavy (non-hydrogen) atoms. The first kappa shape index (κ1) is 17.9. The standard InChI is InChI=1S/C19H24N4O4/c1-26-17-3-2-14(6-15(17)8-23-13-20-12-21-23)7-22-9-16-4-5-27-11-19(16,10-22)18(24)25/h2-3,6,12-13,16H,4-5,7-11H2,1H3,(H,24,25)/t16-,19+/m0/s1. The summed E-state index contributed by atoms with van der Waals surface area (Å²) in [4.78, 5) is 18.1. The first-order valence-electron chi connectivity index (χ1n) is 9.12. The Balaban J connectivity index is 1.52. The van der Waals surface area contributed by atoms with E-state index in [9.17, 15) is 9.90 Å². The number of ether oxygens (including phenoxy) is 2. The highest BCUT2D eigenvalue weighted by atomic mass is 16.5. The van der Waals surface area contributed by atoms with Gasteiger partial charge in [-0.3, -0.25) is 9.69 Å². The summed E-state index contributed by atoms with van der Waals surface area (Å²) in [5.74, 6) is 0.215. The Morgan fingerprint density at radius 2 is 2.33 bits per heavy atom. The number of hydrogen-bond donors (Lipinski definition) is 1. The van der Waals surface area contributed by atoms with Crippen molar-refractivity contribution in [2.45, 2.75) is 19.5 Å². The first-order valence-corrected chi connectivity index (χ1v) is 9.12. The van der Waals surface area contributed by atoms with Crippen molar-refractivity contribution in [1.82, 2.24) is 19.7 Å². The molecule has 1 aromatic heterocycles. The largest absolute Gasteiger partial charge is 0.496 e. The monoisotopic (exact) mass is 372 g/mol. The van der Waals surface area contributed by atoms with Gasteiger partial charge in [0.1, 0.15) is 23.8 Å². The number of carbonyl (C=O) groups is 1. The Morgan fingerprint density at radius 3 is 3.04 bits per heavy atom. The van der Waals surface area contributed by atoms with Crippen LogP contribution < -0.4 is 4.74 Å². The predicted molar refractivity (Wildman–Crippen MR) is 96.4 cm³/mol. The van der Waals surface area contributed by atoms with Gasteiger partial charge >= 0.3 is 5.97 Å². The van der Waals surface area contributed by atoms with Crippen LogP contribution in [0.3, 0.4) is 0 Å². The fraction of sp³-hybridized carbons (Fsp3) is 0.526. The van der Waals surface area contributed by atoms with E-state index in [0.29, 0.717) is 32.8 Å². The SMILES string of the molecule is COc1ccc(CN2C[C@@H]3CCOC[C@]3(C(=O)O)C2)cc1Cn1cncn1. The molecule has 0 radical (unpaired) electrons. The van der Waals surface area contributed by atoms with Crippen molar-refractivity contribution in [3.63, 3.8) is 0 Å². The molecule has 1 aromatic carbocycles. The lowest BCUT2D eigenvalue weighted by Crippen LogP contribution is -2.46. The van der Waals surface area contributed by atoms with Gasteiger partial charge < -0.3 is 14.6 Å². The van der Waals surface area contributed by atoms with E-state index in [1.54, 1.807) is 18.1 Å². The lowest BCUT2D eigenvalue weighted by atomic mass is 9.76. The molecule has 2 aliphatic rings. The number of fused-ring (bicyclic) bond motifs is 1. The number of aromatic nitrogens is 3. The van der Waals surface area contributed by atoms with Crippen LogP contribution in [0, 0.1) is 11.3 Å². The summed E-state index contributed by atoms with van der Waals surface area (Å²) < 4.78 is 12.7. The van der Waals surface area contributed by atoms with E-state index in [-0.39, 0.29) is 5.92 Å². The summed E-state index contributed by atoms with van der Waals surface area (Å²) in [6, 6.07) is 6.10. The van der Waals surface area contributed by atoms with Crippen LogP contribution in [-0.4, -0.2) is 64.2 Å². The van der Waals surface area contributed by atoms with E-state index in [2.05, 4.69) is 21.0 Å². The van der Waals surface area contributed by atoms with Gasteiger partial charge in [-0.1, -0.05) is 6.07 Å². The highest BCUT2D eigenvalue weighted by Gasteiger charge is 2.53. The zero-order valence-electron chi connectivity index (χ0n) is 15.4. The number of carboxylic acids is 1. The number of nitrogens with zero attached hydrogens (tertiary/aromatic N) is 4. The molecule has 2 atom stereocenters. The number of benzene rings is 1. The molecule has 0 saturated carbocycles. The maximum absolute atomic E-state index is 11.9. The summed E-state index contributed by atoms with van der Waals surface area (Å²) in [5.41, 5.74) is 1.38. The lowest BCUT2D eigenvalue weighted by Gasteiger charge is -2.34. The molecule has 4 rings (SSSR count). The van der Waals surface area contributed by atoms with Crippen molar-refractivity contribution < 1.29 is 19.4 Å². The van der Waals surface area contributed by atoms with E-state index in [0.717, 1.165) is 29.8 Å². The second-order valence-corrected chi connectivity index (χ2v) is 7.41. The third-order valence-corrected chi connectivity index (χ3v) is 5.71. The van der Waals surface area contributed by atoms with Gasteiger partial charge in [0.2, 0.25) is 0 Å². The van der Waals surface area contributed by atoms with Crippen molar-refractivity contribution in [2.24, 2.45) is 11.3 Å². The topological polar surface area (TPSA) is 89.7 Å². The van der Waals surface area contributed by atoms with E-state index in [1.165, 1.54) is 6.33 Å². The zero-order valence-corrected chi connectivity index (χ0v) is 15.4. The smallest absolute Gasteiger partial charge is 0.313 e. The van der Waals surface area contributed by atoms with Crippen molar-refractivity contribution in [1.29, 1.82) is 0 Å². The van der Waals surface area contributed by atoms with Crippen LogP contribution in [0.2, 0.25) is 0 Å². The van der Waals surface area contributed by atoms with E-state index >= 15 is 0 Å². The van der Waals surface area contributed by atoms with Gasteiger partial charge in [0.15, 0.2) is 0 Å². The van der Waals surface area contributed by atoms with Gasteiger partial charge in [-0.25, -0.2) is 9.67 Å². The van der Waals surface area contributed by atoms with Crippen LogP contribution >= 0.6 is 0 Å². The second kappa shape index (κ2) is 7.28. The molecule has 0 spiro atoms. The molecule has 0 bridgehead atoms. The molecule has 8 heteroatoms. The number of aliphatic carboxylic acids is 1. The average Bonchev–Trinajstić information content (AvgIpc) is 3.29. The average molecular weight is 372 g/mol. The summed E-state index contributed by atoms with van der Waals surface area (Å²) in [7, 11) is 1.65. The van der Waals surface area contributed by atoms with E-state index in [1.807, 2.05) is 12.1 Å². The minimum atomic E-state index is -0.770. The third kappa shape index (κ3) is 3.42. The second-order valence-electron chi connectivity index (χ2n) is 7.41. The Hall–Kier alpha value is -2.45. The van der Waals surface area contributed by atoms with Gasteiger partial charge in [0.05, 0.1) is 20.3 Å². The molecule has 0 aliphatic carbocycles. The van der Waals surface area contributed by atoms with Gasteiger partial charge in [-0.15, -0.1) is 0 Å². The van der Waals surface area contributed by atoms with E-state index < -0.39 is 11.4 Å². The molecule has 144 valence electrons.